The summed E-state index contributed by atoms with van der Waals surface area (Å²) in [4.78, 5) is -0.100. The third kappa shape index (κ3) is 7.13. The maximum atomic E-state index is 14.2. The standard InChI is InChI=1S/C27H35N3O6S3/c1-6-26(28-37(31,32)23-15-10-12-20(3)18-23)30(39(35,36)25-17-9-8-14-22(25)5)27(7-2)29-38(33,34)24-16-11-13-21(4)19-24/h8-19,26-29H,6-7H2,1-5H3. The molecule has 0 aliphatic rings. The van der Waals surface area contributed by atoms with Crippen molar-refractivity contribution in [2.24, 2.45) is 0 Å². The molecule has 3 aromatic carbocycles. The fourth-order valence-corrected chi connectivity index (χ4v) is 9.11. The van der Waals surface area contributed by atoms with Gasteiger partial charge in [0.15, 0.2) is 0 Å². The predicted octanol–water partition coefficient (Wildman–Crippen LogP) is 4.03. The molecule has 0 aliphatic heterocycles. The third-order valence-corrected chi connectivity index (χ3v) is 11.2. The number of hydrogen-bond donors (Lipinski definition) is 2. The molecule has 0 radical (unpaired) electrons. The summed E-state index contributed by atoms with van der Waals surface area (Å²) in [6.07, 6.45) is -2.55. The Kier molecular flexibility index (Phi) is 9.73. The van der Waals surface area contributed by atoms with E-state index >= 15 is 0 Å². The summed E-state index contributed by atoms with van der Waals surface area (Å²) in [7, 11) is -12.7. The minimum absolute atomic E-state index is 0.0254. The Morgan fingerprint density at radius 2 is 1.08 bits per heavy atom. The molecular formula is C27H35N3O6S3. The van der Waals surface area contributed by atoms with Crippen LogP contribution in [-0.2, 0) is 30.1 Å². The molecule has 39 heavy (non-hydrogen) atoms. The fraction of sp³-hybridized carbons (Fsp3) is 0.333. The number of benzene rings is 3. The number of nitrogens with one attached hydrogen (secondary N) is 2. The lowest BCUT2D eigenvalue weighted by molar-refractivity contribution is 0.215. The van der Waals surface area contributed by atoms with E-state index < -0.39 is 42.4 Å². The van der Waals surface area contributed by atoms with Crippen molar-refractivity contribution in [1.29, 1.82) is 0 Å². The van der Waals surface area contributed by atoms with E-state index in [1.165, 1.54) is 30.3 Å². The maximum Gasteiger partial charge on any atom is 0.246 e. The predicted molar refractivity (Wildman–Crippen MR) is 151 cm³/mol. The molecule has 9 nitrogen and oxygen atoms in total. The van der Waals surface area contributed by atoms with Crippen molar-refractivity contribution >= 4 is 30.1 Å². The van der Waals surface area contributed by atoms with Gasteiger partial charge in [-0.1, -0.05) is 56.3 Å². The van der Waals surface area contributed by atoms with Crippen molar-refractivity contribution in [1.82, 2.24) is 13.7 Å². The first-order chi connectivity index (χ1) is 18.2. The highest BCUT2D eigenvalue weighted by Crippen LogP contribution is 2.27. The van der Waals surface area contributed by atoms with Crippen LogP contribution in [0, 0.1) is 20.8 Å². The van der Waals surface area contributed by atoms with Gasteiger partial charge in [-0.05, 0) is 80.6 Å². The van der Waals surface area contributed by atoms with E-state index in [9.17, 15) is 25.3 Å². The molecule has 0 heterocycles. The van der Waals surface area contributed by atoms with Gasteiger partial charge in [-0.2, -0.15) is 13.7 Å². The van der Waals surface area contributed by atoms with Crippen molar-refractivity contribution in [3.63, 3.8) is 0 Å². The van der Waals surface area contributed by atoms with Crippen LogP contribution < -0.4 is 9.44 Å². The number of rotatable bonds is 12. The molecule has 0 spiro atoms. The van der Waals surface area contributed by atoms with Gasteiger partial charge in [0.2, 0.25) is 30.1 Å². The Morgan fingerprint density at radius 3 is 1.46 bits per heavy atom. The Morgan fingerprint density at radius 1 is 0.641 bits per heavy atom. The summed E-state index contributed by atoms with van der Waals surface area (Å²) >= 11 is 0. The highest BCUT2D eigenvalue weighted by molar-refractivity contribution is 7.90. The topological polar surface area (TPSA) is 130 Å². The lowest BCUT2D eigenvalue weighted by Crippen LogP contribution is -2.59. The third-order valence-electron chi connectivity index (χ3n) is 6.22. The van der Waals surface area contributed by atoms with E-state index in [0.29, 0.717) is 16.7 Å². The number of hydrogen-bond acceptors (Lipinski definition) is 6. The van der Waals surface area contributed by atoms with Crippen LogP contribution in [0.15, 0.2) is 87.5 Å². The molecule has 0 amide bonds. The first-order valence-corrected chi connectivity index (χ1v) is 16.9. The van der Waals surface area contributed by atoms with E-state index in [1.54, 1.807) is 77.1 Å². The molecule has 0 fully saturated rings. The zero-order valence-corrected chi connectivity index (χ0v) is 25.1. The molecule has 212 valence electrons. The second-order valence-corrected chi connectivity index (χ2v) is 14.6. The summed E-state index contributed by atoms with van der Waals surface area (Å²) in [6.45, 7) is 8.38. The van der Waals surface area contributed by atoms with Gasteiger partial charge in [0.25, 0.3) is 0 Å². The second-order valence-electron chi connectivity index (χ2n) is 9.32. The number of aryl methyl sites for hydroxylation is 3. The Balaban J connectivity index is 2.15. The van der Waals surface area contributed by atoms with Gasteiger partial charge in [0.1, 0.15) is 0 Å². The lowest BCUT2D eigenvalue weighted by atomic mass is 10.2. The van der Waals surface area contributed by atoms with Crippen LogP contribution in [0.5, 0.6) is 0 Å². The van der Waals surface area contributed by atoms with Crippen molar-refractivity contribution in [3.05, 3.63) is 89.5 Å². The minimum Gasteiger partial charge on any atom is -0.207 e. The molecule has 3 rings (SSSR count). The number of nitrogens with zero attached hydrogens (tertiary/aromatic N) is 1. The van der Waals surface area contributed by atoms with Crippen LogP contribution >= 0.6 is 0 Å². The van der Waals surface area contributed by atoms with Gasteiger partial charge in [-0.15, -0.1) is 0 Å². The average Bonchev–Trinajstić information content (AvgIpc) is 2.87. The Bertz CT molecular complexity index is 1550. The van der Waals surface area contributed by atoms with Gasteiger partial charge < -0.3 is 0 Å². The van der Waals surface area contributed by atoms with Gasteiger partial charge in [0, 0.05) is 0 Å². The van der Waals surface area contributed by atoms with Crippen molar-refractivity contribution in [2.75, 3.05) is 0 Å². The van der Waals surface area contributed by atoms with Crippen molar-refractivity contribution in [3.8, 4) is 0 Å². The van der Waals surface area contributed by atoms with Crippen molar-refractivity contribution < 1.29 is 25.3 Å². The zero-order valence-electron chi connectivity index (χ0n) is 22.6. The van der Waals surface area contributed by atoms with E-state index in [-0.39, 0.29) is 27.5 Å². The normalized spacial score (nSPS) is 14.3. The summed E-state index contributed by atoms with van der Waals surface area (Å²) in [5.41, 5.74) is 1.87. The lowest BCUT2D eigenvalue weighted by Gasteiger charge is -2.37. The Hall–Kier alpha value is -2.61. The monoisotopic (exact) mass is 593 g/mol. The van der Waals surface area contributed by atoms with E-state index in [1.807, 2.05) is 0 Å². The number of sulfonamides is 3. The fourth-order valence-electron chi connectivity index (χ4n) is 4.20. The van der Waals surface area contributed by atoms with Crippen LogP contribution in [0.3, 0.4) is 0 Å². The molecule has 12 heteroatoms. The van der Waals surface area contributed by atoms with Crippen molar-refractivity contribution in [2.45, 2.75) is 74.5 Å². The molecule has 0 saturated carbocycles. The van der Waals surface area contributed by atoms with Gasteiger partial charge in [0.05, 0.1) is 27.0 Å². The summed E-state index contributed by atoms with van der Waals surface area (Å²) in [5, 5.41) is 0. The molecule has 2 atom stereocenters. The average molecular weight is 594 g/mol. The smallest absolute Gasteiger partial charge is 0.207 e. The van der Waals surface area contributed by atoms with E-state index in [0.717, 1.165) is 4.31 Å². The first kappa shape index (κ1) is 30.9. The van der Waals surface area contributed by atoms with Crippen LogP contribution in [0.4, 0.5) is 0 Å². The SMILES string of the molecule is CCC(NS(=O)(=O)c1cccc(C)c1)N(C(CC)NS(=O)(=O)c1cccc(C)c1)S(=O)(=O)c1ccccc1C. The van der Waals surface area contributed by atoms with Crippen LogP contribution in [0.25, 0.3) is 0 Å². The molecule has 2 N–H and O–H groups in total. The molecule has 0 aromatic heterocycles. The molecular weight excluding hydrogens is 559 g/mol. The molecule has 3 aromatic rings. The Labute approximate surface area is 232 Å². The maximum absolute atomic E-state index is 14.2. The van der Waals surface area contributed by atoms with E-state index in [2.05, 4.69) is 9.44 Å². The molecule has 2 unspecified atom stereocenters. The largest absolute Gasteiger partial charge is 0.246 e. The quantitative estimate of drug-likeness (QED) is 0.305. The van der Waals surface area contributed by atoms with Gasteiger partial charge in [-0.3, -0.25) is 0 Å². The summed E-state index contributed by atoms with van der Waals surface area (Å²) in [5.74, 6) is 0. The van der Waals surface area contributed by atoms with Crippen LogP contribution in [0.1, 0.15) is 43.4 Å². The first-order valence-electron chi connectivity index (χ1n) is 12.5. The second kappa shape index (κ2) is 12.3. The van der Waals surface area contributed by atoms with Gasteiger partial charge >= 0.3 is 0 Å². The highest BCUT2D eigenvalue weighted by Gasteiger charge is 2.40. The summed E-state index contributed by atoms with van der Waals surface area (Å²) in [6, 6.07) is 18.8. The van der Waals surface area contributed by atoms with Crippen LogP contribution in [0.2, 0.25) is 0 Å². The van der Waals surface area contributed by atoms with Gasteiger partial charge in [-0.25, -0.2) is 25.3 Å². The molecule has 0 aliphatic carbocycles. The zero-order chi connectivity index (χ0) is 29.0. The molecule has 0 saturated heterocycles. The minimum atomic E-state index is -4.40. The van der Waals surface area contributed by atoms with E-state index in [4.69, 9.17) is 0 Å². The summed E-state index contributed by atoms with van der Waals surface area (Å²) < 4.78 is 87.8. The van der Waals surface area contributed by atoms with Crippen LogP contribution in [-0.4, -0.2) is 41.9 Å². The highest BCUT2D eigenvalue weighted by atomic mass is 32.2. The molecule has 0 bridgehead atoms.